The van der Waals surface area contributed by atoms with E-state index in [1.165, 1.54) is 35.2 Å². The number of carbonyl (C=O) groups excluding carboxylic acids is 2. The van der Waals surface area contributed by atoms with Crippen molar-refractivity contribution in [3.05, 3.63) is 93.4 Å². The van der Waals surface area contributed by atoms with Crippen molar-refractivity contribution in [2.45, 2.75) is 57.1 Å². The van der Waals surface area contributed by atoms with Gasteiger partial charge in [0.1, 0.15) is 12.6 Å². The van der Waals surface area contributed by atoms with Crippen molar-refractivity contribution in [2.75, 3.05) is 10.8 Å². The Morgan fingerprint density at radius 3 is 2.12 bits per heavy atom. The van der Waals surface area contributed by atoms with E-state index in [0.29, 0.717) is 27.1 Å². The molecule has 3 aromatic rings. The third kappa shape index (κ3) is 8.13. The van der Waals surface area contributed by atoms with Crippen LogP contribution in [0.5, 0.6) is 0 Å². The maximum Gasteiger partial charge on any atom is 0.264 e. The zero-order valence-corrected chi connectivity index (χ0v) is 25.8. The van der Waals surface area contributed by atoms with Crippen LogP contribution in [0.1, 0.15) is 39.7 Å². The number of nitrogens with zero attached hydrogens (tertiary/aromatic N) is 2. The summed E-state index contributed by atoms with van der Waals surface area (Å²) in [4.78, 5) is 28.8. The number of halogens is 3. The first-order chi connectivity index (χ1) is 18.7. The van der Waals surface area contributed by atoms with Crippen molar-refractivity contribution in [1.82, 2.24) is 10.2 Å². The minimum absolute atomic E-state index is 0.00104. The van der Waals surface area contributed by atoms with Crippen molar-refractivity contribution in [1.29, 1.82) is 0 Å². The Hall–Kier alpha value is -2.78. The summed E-state index contributed by atoms with van der Waals surface area (Å²) in [7, 11) is -4.24. The Morgan fingerprint density at radius 2 is 1.55 bits per heavy atom. The SMILES string of the molecule is CC[C@H](C(=O)NC(C)(C)C)N(Cc1ccccc1Cl)C(=O)CN(c1cccc(Cl)c1)S(=O)(=O)c1ccc(Cl)cc1. The molecule has 0 fully saturated rings. The van der Waals surface area contributed by atoms with Gasteiger partial charge in [-0.05, 0) is 81.3 Å². The average Bonchev–Trinajstić information content (AvgIpc) is 2.87. The molecule has 0 aromatic heterocycles. The molecule has 0 bridgehead atoms. The lowest BCUT2D eigenvalue weighted by molar-refractivity contribution is -0.141. The van der Waals surface area contributed by atoms with Gasteiger partial charge in [0.2, 0.25) is 11.8 Å². The topological polar surface area (TPSA) is 86.8 Å². The number of anilines is 1. The van der Waals surface area contributed by atoms with Crippen molar-refractivity contribution in [3.63, 3.8) is 0 Å². The van der Waals surface area contributed by atoms with Gasteiger partial charge in [-0.2, -0.15) is 0 Å². The largest absolute Gasteiger partial charge is 0.350 e. The second-order valence-corrected chi connectivity index (χ2v) is 13.4. The fraction of sp³-hybridized carbons (Fsp3) is 0.310. The highest BCUT2D eigenvalue weighted by Gasteiger charge is 2.35. The molecule has 0 radical (unpaired) electrons. The molecule has 0 heterocycles. The number of hydrogen-bond donors (Lipinski definition) is 1. The predicted molar refractivity (Wildman–Crippen MR) is 161 cm³/mol. The fourth-order valence-electron chi connectivity index (χ4n) is 4.08. The summed E-state index contributed by atoms with van der Waals surface area (Å²) in [6.45, 7) is 6.74. The maximum atomic E-state index is 14.1. The monoisotopic (exact) mass is 623 g/mol. The summed E-state index contributed by atoms with van der Waals surface area (Å²) in [5, 5.41) is 4.02. The van der Waals surface area contributed by atoms with Gasteiger partial charge in [-0.15, -0.1) is 0 Å². The molecule has 7 nitrogen and oxygen atoms in total. The van der Waals surface area contributed by atoms with E-state index < -0.39 is 34.1 Å². The van der Waals surface area contributed by atoms with E-state index in [4.69, 9.17) is 34.8 Å². The highest BCUT2D eigenvalue weighted by molar-refractivity contribution is 7.92. The van der Waals surface area contributed by atoms with Crippen molar-refractivity contribution in [2.24, 2.45) is 0 Å². The first-order valence-electron chi connectivity index (χ1n) is 12.6. The van der Waals surface area contributed by atoms with E-state index in [1.807, 2.05) is 20.8 Å². The lowest BCUT2D eigenvalue weighted by Gasteiger charge is -2.35. The van der Waals surface area contributed by atoms with Gasteiger partial charge in [-0.25, -0.2) is 8.42 Å². The zero-order chi connectivity index (χ0) is 29.7. The zero-order valence-electron chi connectivity index (χ0n) is 22.7. The highest BCUT2D eigenvalue weighted by Crippen LogP contribution is 2.28. The molecule has 3 aromatic carbocycles. The molecule has 40 heavy (non-hydrogen) atoms. The van der Waals surface area contributed by atoms with Gasteiger partial charge >= 0.3 is 0 Å². The van der Waals surface area contributed by atoms with Crippen LogP contribution in [0.3, 0.4) is 0 Å². The Bertz CT molecular complexity index is 1460. The quantitative estimate of drug-likeness (QED) is 0.277. The summed E-state index contributed by atoms with van der Waals surface area (Å²) < 4.78 is 28.7. The smallest absolute Gasteiger partial charge is 0.264 e. The van der Waals surface area contributed by atoms with Crippen LogP contribution in [0.25, 0.3) is 0 Å². The number of carbonyl (C=O) groups is 2. The third-order valence-corrected chi connectivity index (χ3v) is 8.60. The van der Waals surface area contributed by atoms with E-state index >= 15 is 0 Å². The third-order valence-electron chi connectivity index (χ3n) is 5.96. The molecule has 0 aliphatic rings. The second-order valence-electron chi connectivity index (χ2n) is 10.2. The minimum Gasteiger partial charge on any atom is -0.350 e. The lowest BCUT2D eigenvalue weighted by Crippen LogP contribution is -2.55. The molecular weight excluding hydrogens is 593 g/mol. The molecule has 214 valence electrons. The molecule has 1 atom stereocenters. The van der Waals surface area contributed by atoms with E-state index in [9.17, 15) is 18.0 Å². The van der Waals surface area contributed by atoms with E-state index in [-0.39, 0.29) is 23.0 Å². The Balaban J connectivity index is 2.09. The standard InChI is InChI=1S/C29H32Cl3N3O4S/c1-5-26(28(37)33-29(2,3)4)34(18-20-9-6-7-12-25(20)32)27(36)19-35(23-11-8-10-22(31)17-23)40(38,39)24-15-13-21(30)14-16-24/h6-17,26H,5,18-19H2,1-4H3,(H,33,37)/t26-/m1/s1. The van der Waals surface area contributed by atoms with Crippen LogP contribution in [0.2, 0.25) is 15.1 Å². The lowest BCUT2D eigenvalue weighted by atomic mass is 10.1. The molecule has 0 saturated heterocycles. The Labute approximate surface area is 251 Å². The molecule has 0 aliphatic carbocycles. The predicted octanol–water partition coefficient (Wildman–Crippen LogP) is 6.56. The number of benzene rings is 3. The van der Waals surface area contributed by atoms with E-state index in [2.05, 4.69) is 5.32 Å². The van der Waals surface area contributed by atoms with Crippen LogP contribution >= 0.6 is 34.8 Å². The van der Waals surface area contributed by atoms with Crippen LogP contribution in [0.4, 0.5) is 5.69 Å². The van der Waals surface area contributed by atoms with Gasteiger partial charge in [0, 0.05) is 27.2 Å². The van der Waals surface area contributed by atoms with Gasteiger partial charge < -0.3 is 10.2 Å². The molecule has 3 rings (SSSR count). The summed E-state index contributed by atoms with van der Waals surface area (Å²) in [6, 6.07) is 18.0. The molecule has 11 heteroatoms. The summed E-state index contributed by atoms with van der Waals surface area (Å²) in [5.74, 6) is -0.946. The van der Waals surface area contributed by atoms with Gasteiger partial charge in [0.25, 0.3) is 10.0 Å². The number of rotatable bonds is 10. The molecule has 0 saturated carbocycles. The number of sulfonamides is 1. The Morgan fingerprint density at radius 1 is 0.900 bits per heavy atom. The van der Waals surface area contributed by atoms with Crippen molar-refractivity contribution >= 4 is 62.3 Å². The van der Waals surface area contributed by atoms with Crippen LogP contribution in [-0.4, -0.2) is 43.3 Å². The van der Waals surface area contributed by atoms with Crippen molar-refractivity contribution in [3.8, 4) is 0 Å². The van der Waals surface area contributed by atoms with Crippen LogP contribution in [0.15, 0.2) is 77.7 Å². The number of nitrogens with one attached hydrogen (secondary N) is 1. The number of hydrogen-bond acceptors (Lipinski definition) is 4. The summed E-state index contributed by atoms with van der Waals surface area (Å²) >= 11 is 18.6. The van der Waals surface area contributed by atoms with Crippen LogP contribution in [-0.2, 0) is 26.2 Å². The van der Waals surface area contributed by atoms with Crippen LogP contribution in [0, 0.1) is 0 Å². The second kappa shape index (κ2) is 13.3. The van der Waals surface area contributed by atoms with E-state index in [0.717, 1.165) is 4.31 Å². The van der Waals surface area contributed by atoms with Gasteiger partial charge in [-0.3, -0.25) is 13.9 Å². The molecule has 2 amide bonds. The molecule has 1 N–H and O–H groups in total. The van der Waals surface area contributed by atoms with Gasteiger partial charge in [-0.1, -0.05) is 66.0 Å². The molecule has 0 spiro atoms. The molecule has 0 unspecified atom stereocenters. The fourth-order valence-corrected chi connectivity index (χ4v) is 5.99. The first-order valence-corrected chi connectivity index (χ1v) is 15.2. The number of amides is 2. The van der Waals surface area contributed by atoms with Crippen molar-refractivity contribution < 1.29 is 18.0 Å². The van der Waals surface area contributed by atoms with E-state index in [1.54, 1.807) is 49.4 Å². The molecular formula is C29H32Cl3N3O4S. The minimum atomic E-state index is -4.24. The maximum absolute atomic E-state index is 14.1. The van der Waals surface area contributed by atoms with Gasteiger partial charge in [0.05, 0.1) is 10.6 Å². The normalized spacial score (nSPS) is 12.5. The highest BCUT2D eigenvalue weighted by atomic mass is 35.5. The summed E-state index contributed by atoms with van der Waals surface area (Å²) in [5.41, 5.74) is 0.268. The average molecular weight is 625 g/mol. The first kappa shape index (κ1) is 31.7. The van der Waals surface area contributed by atoms with Gasteiger partial charge in [0.15, 0.2) is 0 Å². The molecule has 0 aliphatic heterocycles. The Kier molecular flexibility index (Phi) is 10.5. The summed E-state index contributed by atoms with van der Waals surface area (Å²) in [6.07, 6.45) is 0.291. The van der Waals surface area contributed by atoms with Crippen LogP contribution < -0.4 is 9.62 Å².